The lowest BCUT2D eigenvalue weighted by Gasteiger charge is -1.97. The summed E-state index contributed by atoms with van der Waals surface area (Å²) in [5, 5.41) is 7.91. The van der Waals surface area contributed by atoms with Gasteiger partial charge in [0, 0.05) is 5.92 Å². The second-order valence-electron chi connectivity index (χ2n) is 1.63. The molecule has 0 aliphatic rings. The molecule has 0 rings (SSSR count). The Kier molecular flexibility index (Phi) is 9.29. The maximum atomic E-state index is 10.2. The highest BCUT2D eigenvalue weighted by molar-refractivity contribution is 5.76. The van der Waals surface area contributed by atoms with Crippen molar-refractivity contribution < 1.29 is 10.0 Å². The Morgan fingerprint density at radius 1 is 1.44 bits per heavy atom. The van der Waals surface area contributed by atoms with Crippen LogP contribution in [0.5, 0.6) is 0 Å². The lowest BCUT2D eigenvalue weighted by atomic mass is 10.2. The highest BCUT2D eigenvalue weighted by Crippen LogP contribution is 1.87. The predicted octanol–water partition coefficient (Wildman–Crippen LogP) is 1.17. The van der Waals surface area contributed by atoms with Crippen LogP contribution in [0.1, 0.15) is 27.7 Å². The predicted molar refractivity (Wildman–Crippen MR) is 36.1 cm³/mol. The van der Waals surface area contributed by atoms with Gasteiger partial charge in [-0.05, 0) is 0 Å². The van der Waals surface area contributed by atoms with Gasteiger partial charge in [0.1, 0.15) is 0 Å². The molecule has 3 heteroatoms. The number of carbonyl (C=O) groups excluding carboxylic acids is 1. The van der Waals surface area contributed by atoms with E-state index in [2.05, 4.69) is 0 Å². The van der Waals surface area contributed by atoms with Crippen molar-refractivity contribution in [1.29, 1.82) is 0 Å². The van der Waals surface area contributed by atoms with Crippen molar-refractivity contribution in [3.63, 3.8) is 0 Å². The van der Waals surface area contributed by atoms with Gasteiger partial charge in [0.05, 0.1) is 0 Å². The SMILES string of the molecule is CC.CC(C)C(=O)NO. The Morgan fingerprint density at radius 3 is 1.78 bits per heavy atom. The Bertz CT molecular complexity index is 71.5. The van der Waals surface area contributed by atoms with Crippen LogP contribution >= 0.6 is 0 Å². The summed E-state index contributed by atoms with van der Waals surface area (Å²) in [6.45, 7) is 7.40. The van der Waals surface area contributed by atoms with Gasteiger partial charge in [0.15, 0.2) is 0 Å². The lowest BCUT2D eigenvalue weighted by Crippen LogP contribution is -2.23. The normalized spacial score (nSPS) is 7.78. The Labute approximate surface area is 56.0 Å². The van der Waals surface area contributed by atoms with Gasteiger partial charge in [0.25, 0.3) is 0 Å². The van der Waals surface area contributed by atoms with Gasteiger partial charge in [-0.2, -0.15) is 0 Å². The van der Waals surface area contributed by atoms with Crippen LogP contribution in [0.2, 0.25) is 0 Å². The molecule has 0 aromatic carbocycles. The maximum Gasteiger partial charge on any atom is 0.245 e. The zero-order valence-corrected chi connectivity index (χ0v) is 6.43. The smallest absolute Gasteiger partial charge is 0.245 e. The summed E-state index contributed by atoms with van der Waals surface area (Å²) >= 11 is 0. The standard InChI is InChI=1S/C4H9NO2.C2H6/c1-3(2)4(6)5-7;1-2/h3,7H,1-2H3,(H,5,6);1-2H3. The van der Waals surface area contributed by atoms with Crippen LogP contribution in [-0.4, -0.2) is 11.1 Å². The van der Waals surface area contributed by atoms with Crippen LogP contribution in [0.3, 0.4) is 0 Å². The summed E-state index contributed by atoms with van der Waals surface area (Å²) in [5.74, 6) is -0.481. The first kappa shape index (κ1) is 11.3. The first-order valence-corrected chi connectivity index (χ1v) is 3.12. The monoisotopic (exact) mass is 133 g/mol. The van der Waals surface area contributed by atoms with Gasteiger partial charge in [-0.15, -0.1) is 0 Å². The second-order valence-corrected chi connectivity index (χ2v) is 1.63. The Balaban J connectivity index is 0. The maximum absolute atomic E-state index is 10.2. The van der Waals surface area contributed by atoms with Crippen molar-refractivity contribution in [3.05, 3.63) is 0 Å². The quantitative estimate of drug-likeness (QED) is 0.416. The van der Waals surface area contributed by atoms with Gasteiger partial charge in [0.2, 0.25) is 5.91 Å². The van der Waals surface area contributed by atoms with E-state index in [0.717, 1.165) is 0 Å². The summed E-state index contributed by atoms with van der Waals surface area (Å²) in [6.07, 6.45) is 0. The molecule has 0 saturated heterocycles. The summed E-state index contributed by atoms with van der Waals surface area (Å²) in [4.78, 5) is 10.2. The minimum Gasteiger partial charge on any atom is -0.289 e. The fourth-order valence-electron chi connectivity index (χ4n) is 0.129. The van der Waals surface area contributed by atoms with Gasteiger partial charge >= 0.3 is 0 Å². The molecule has 2 N–H and O–H groups in total. The number of nitrogens with one attached hydrogen (secondary N) is 1. The molecule has 0 aromatic heterocycles. The van der Waals surface area contributed by atoms with E-state index in [1.165, 1.54) is 5.48 Å². The number of hydrogen-bond donors (Lipinski definition) is 2. The van der Waals surface area contributed by atoms with Gasteiger partial charge < -0.3 is 0 Å². The van der Waals surface area contributed by atoms with E-state index < -0.39 is 0 Å². The van der Waals surface area contributed by atoms with Crippen molar-refractivity contribution in [3.8, 4) is 0 Å². The second kappa shape index (κ2) is 7.43. The van der Waals surface area contributed by atoms with Crippen LogP contribution in [0.25, 0.3) is 0 Å². The molecule has 0 atom stereocenters. The number of amides is 1. The first-order valence-electron chi connectivity index (χ1n) is 3.12. The van der Waals surface area contributed by atoms with E-state index >= 15 is 0 Å². The molecule has 0 spiro atoms. The molecule has 0 aliphatic carbocycles. The van der Waals surface area contributed by atoms with Crippen molar-refractivity contribution >= 4 is 5.91 Å². The molecule has 56 valence electrons. The van der Waals surface area contributed by atoms with Crippen molar-refractivity contribution in [2.75, 3.05) is 0 Å². The van der Waals surface area contributed by atoms with Gasteiger partial charge in [-0.25, -0.2) is 5.48 Å². The fourth-order valence-corrected chi connectivity index (χ4v) is 0.129. The van der Waals surface area contributed by atoms with Crippen LogP contribution in [0.4, 0.5) is 0 Å². The van der Waals surface area contributed by atoms with Crippen LogP contribution in [0.15, 0.2) is 0 Å². The number of hydrogen-bond acceptors (Lipinski definition) is 2. The van der Waals surface area contributed by atoms with E-state index in [4.69, 9.17) is 5.21 Å². The lowest BCUT2D eigenvalue weighted by molar-refractivity contribution is -0.132. The minimum atomic E-state index is -0.347. The molecule has 9 heavy (non-hydrogen) atoms. The Morgan fingerprint density at radius 2 is 1.78 bits per heavy atom. The number of rotatable bonds is 1. The minimum absolute atomic E-state index is 0.134. The van der Waals surface area contributed by atoms with Crippen molar-refractivity contribution in [2.24, 2.45) is 5.92 Å². The third-order valence-corrected chi connectivity index (χ3v) is 0.635. The third kappa shape index (κ3) is 7.43. The van der Waals surface area contributed by atoms with E-state index in [1.54, 1.807) is 13.8 Å². The first-order chi connectivity index (χ1) is 4.18. The molecule has 0 saturated carbocycles. The van der Waals surface area contributed by atoms with E-state index in [0.29, 0.717) is 0 Å². The van der Waals surface area contributed by atoms with E-state index in [9.17, 15) is 4.79 Å². The van der Waals surface area contributed by atoms with Crippen LogP contribution in [-0.2, 0) is 4.79 Å². The molecule has 1 amide bonds. The molecule has 3 nitrogen and oxygen atoms in total. The van der Waals surface area contributed by atoms with Crippen LogP contribution < -0.4 is 5.48 Å². The molecule has 0 bridgehead atoms. The van der Waals surface area contributed by atoms with Crippen molar-refractivity contribution in [2.45, 2.75) is 27.7 Å². The topological polar surface area (TPSA) is 49.3 Å². The summed E-state index contributed by atoms with van der Waals surface area (Å²) in [7, 11) is 0. The molecule has 0 fully saturated rings. The largest absolute Gasteiger partial charge is 0.289 e. The average Bonchev–Trinajstić information content (AvgIpc) is 1.91. The van der Waals surface area contributed by atoms with E-state index in [1.807, 2.05) is 13.8 Å². The highest BCUT2D eigenvalue weighted by atomic mass is 16.5. The number of hydroxylamine groups is 1. The molecule has 0 aliphatic heterocycles. The van der Waals surface area contributed by atoms with Gasteiger partial charge in [-0.1, -0.05) is 27.7 Å². The molecular weight excluding hydrogens is 118 g/mol. The van der Waals surface area contributed by atoms with Crippen molar-refractivity contribution in [1.82, 2.24) is 5.48 Å². The Hall–Kier alpha value is -0.570. The number of carbonyl (C=O) groups is 1. The van der Waals surface area contributed by atoms with E-state index in [-0.39, 0.29) is 11.8 Å². The molecule has 0 unspecified atom stereocenters. The molecule has 0 radical (unpaired) electrons. The van der Waals surface area contributed by atoms with Gasteiger partial charge in [-0.3, -0.25) is 10.0 Å². The molecular formula is C6H15NO2. The molecule has 0 heterocycles. The highest BCUT2D eigenvalue weighted by Gasteiger charge is 2.01. The summed E-state index contributed by atoms with van der Waals surface area (Å²) < 4.78 is 0. The zero-order valence-electron chi connectivity index (χ0n) is 6.43. The zero-order chi connectivity index (χ0) is 7.86. The van der Waals surface area contributed by atoms with Crippen LogP contribution in [0, 0.1) is 5.92 Å². The fraction of sp³-hybridized carbons (Fsp3) is 0.833. The summed E-state index contributed by atoms with van der Waals surface area (Å²) in [5.41, 5.74) is 1.53. The average molecular weight is 133 g/mol. The third-order valence-electron chi connectivity index (χ3n) is 0.635. The summed E-state index contributed by atoms with van der Waals surface area (Å²) in [6, 6.07) is 0. The molecule has 0 aromatic rings.